The highest BCUT2D eigenvalue weighted by atomic mass is 35.5. The van der Waals surface area contributed by atoms with Gasteiger partial charge in [0.1, 0.15) is 41.3 Å². The number of amides is 1. The number of alkyl halides is 1. The van der Waals surface area contributed by atoms with Gasteiger partial charge in [-0.2, -0.15) is 9.97 Å². The quantitative estimate of drug-likeness (QED) is 0.226. The van der Waals surface area contributed by atoms with Crippen molar-refractivity contribution in [3.8, 4) is 22.9 Å². The Balaban J connectivity index is 1.24. The molecule has 2 bridgehead atoms. The number of piperazine rings is 1. The molecule has 0 unspecified atom stereocenters. The molecule has 4 aliphatic heterocycles. The fourth-order valence-electron chi connectivity index (χ4n) is 8.61. The van der Waals surface area contributed by atoms with Crippen LogP contribution < -0.4 is 9.64 Å². The second-order valence-corrected chi connectivity index (χ2v) is 15.6. The van der Waals surface area contributed by atoms with Crippen molar-refractivity contribution in [2.75, 3.05) is 37.7 Å². The Morgan fingerprint density at radius 1 is 1.10 bits per heavy atom. The Morgan fingerprint density at radius 3 is 2.60 bits per heavy atom. The molecule has 13 heteroatoms. The number of ether oxygens (including phenoxy) is 2. The molecule has 4 saturated heterocycles. The maximum Gasteiger partial charge on any atom is 0.410 e. The van der Waals surface area contributed by atoms with Crippen LogP contribution in [0.5, 0.6) is 11.8 Å². The molecule has 3 aromatic carbocycles. The first-order valence-corrected chi connectivity index (χ1v) is 17.6. The van der Waals surface area contributed by atoms with Gasteiger partial charge in [0, 0.05) is 47.4 Å². The van der Waals surface area contributed by atoms with E-state index in [0.29, 0.717) is 36.8 Å². The van der Waals surface area contributed by atoms with Crippen molar-refractivity contribution in [3.63, 3.8) is 0 Å². The van der Waals surface area contributed by atoms with Crippen LogP contribution in [0.3, 0.4) is 0 Å². The molecule has 1 N–H and O–H groups in total. The zero-order chi connectivity index (χ0) is 35.1. The molecule has 8 rings (SSSR count). The van der Waals surface area contributed by atoms with Gasteiger partial charge >= 0.3 is 12.1 Å². The number of carbonyl (C=O) groups excluding carboxylic acids is 1. The summed E-state index contributed by atoms with van der Waals surface area (Å²) >= 11 is 6.55. The lowest BCUT2D eigenvalue weighted by molar-refractivity contribution is 0.0122. The molecule has 264 valence electrons. The number of rotatable bonds is 5. The maximum absolute atomic E-state index is 17.0. The van der Waals surface area contributed by atoms with Crippen LogP contribution in [0, 0.1) is 11.6 Å². The van der Waals surface area contributed by atoms with Crippen LogP contribution in [-0.4, -0.2) is 93.1 Å². The Kier molecular flexibility index (Phi) is 7.98. The Hall–Kier alpha value is -4.03. The number of halogens is 4. The fourth-order valence-corrected chi connectivity index (χ4v) is 8.90. The van der Waals surface area contributed by atoms with E-state index >= 15 is 8.78 Å². The minimum atomic E-state index is -0.962. The number of anilines is 1. The van der Waals surface area contributed by atoms with Gasteiger partial charge in [0.05, 0.1) is 23.2 Å². The molecule has 0 spiro atoms. The lowest BCUT2D eigenvalue weighted by Crippen LogP contribution is -2.57. The predicted octanol–water partition coefficient (Wildman–Crippen LogP) is 7.63. The van der Waals surface area contributed by atoms with E-state index in [-0.39, 0.29) is 63.9 Å². The number of phenolic OH excluding ortho intramolecular Hbond substituents is 1. The molecule has 50 heavy (non-hydrogen) atoms. The zero-order valence-corrected chi connectivity index (χ0v) is 28.9. The van der Waals surface area contributed by atoms with E-state index < -0.39 is 34.5 Å². The van der Waals surface area contributed by atoms with E-state index in [4.69, 9.17) is 26.1 Å². The Morgan fingerprint density at radius 2 is 1.86 bits per heavy atom. The van der Waals surface area contributed by atoms with Crippen LogP contribution in [0.15, 0.2) is 36.4 Å². The van der Waals surface area contributed by atoms with Crippen LogP contribution in [0.1, 0.15) is 52.9 Å². The smallest absolute Gasteiger partial charge is 0.410 e. The van der Waals surface area contributed by atoms with Gasteiger partial charge in [0.15, 0.2) is 5.82 Å². The van der Waals surface area contributed by atoms with Crippen LogP contribution in [0.4, 0.5) is 23.8 Å². The highest BCUT2D eigenvalue weighted by Gasteiger charge is 2.50. The molecule has 4 atom stereocenters. The molecule has 4 aromatic rings. The molecule has 1 amide bonds. The van der Waals surface area contributed by atoms with Crippen molar-refractivity contribution in [3.05, 3.63) is 53.1 Å². The van der Waals surface area contributed by atoms with Crippen LogP contribution in [0.2, 0.25) is 5.02 Å². The van der Waals surface area contributed by atoms with Gasteiger partial charge in [-0.15, -0.1) is 0 Å². The van der Waals surface area contributed by atoms with E-state index in [1.54, 1.807) is 23.1 Å². The van der Waals surface area contributed by atoms with Crippen molar-refractivity contribution in [2.45, 2.75) is 82.3 Å². The highest BCUT2D eigenvalue weighted by molar-refractivity contribution is 6.36. The summed E-state index contributed by atoms with van der Waals surface area (Å²) in [6.07, 6.45) is 2.15. The fraction of sp³-hybridized carbons (Fsp3) is 0.486. The van der Waals surface area contributed by atoms with Gasteiger partial charge in [0.25, 0.3) is 0 Å². The average Bonchev–Trinajstić information content (AvgIpc) is 3.65. The largest absolute Gasteiger partial charge is 0.508 e. The van der Waals surface area contributed by atoms with Crippen molar-refractivity contribution < 1.29 is 32.5 Å². The van der Waals surface area contributed by atoms with Gasteiger partial charge < -0.3 is 19.5 Å². The first-order valence-electron chi connectivity index (χ1n) is 17.2. The minimum Gasteiger partial charge on any atom is -0.508 e. The second-order valence-electron chi connectivity index (χ2n) is 15.1. The normalized spacial score (nSPS) is 25.1. The monoisotopic (exact) mass is 709 g/mol. The summed E-state index contributed by atoms with van der Waals surface area (Å²) in [5.41, 5.74) is -1.64. The number of benzene rings is 3. The lowest BCUT2D eigenvalue weighted by Gasteiger charge is -2.42. The van der Waals surface area contributed by atoms with Crippen LogP contribution >= 0.6 is 11.6 Å². The van der Waals surface area contributed by atoms with E-state index in [0.717, 1.165) is 32.2 Å². The number of phenols is 1. The minimum absolute atomic E-state index is 0.0783. The van der Waals surface area contributed by atoms with Crippen LogP contribution in [-0.2, 0) is 4.74 Å². The summed E-state index contributed by atoms with van der Waals surface area (Å²) in [5, 5.41) is 11.9. The molecule has 0 radical (unpaired) electrons. The van der Waals surface area contributed by atoms with Gasteiger partial charge in [-0.05, 0) is 82.7 Å². The summed E-state index contributed by atoms with van der Waals surface area (Å²) in [5.74, 6) is -1.73. The van der Waals surface area contributed by atoms with Crippen LogP contribution in [0.25, 0.3) is 32.8 Å². The summed E-state index contributed by atoms with van der Waals surface area (Å²) in [6, 6.07) is 8.51. The van der Waals surface area contributed by atoms with E-state index in [2.05, 4.69) is 9.88 Å². The van der Waals surface area contributed by atoms with Crippen molar-refractivity contribution in [1.82, 2.24) is 19.8 Å². The molecular formula is C37H39ClF3N5O4. The highest BCUT2D eigenvalue weighted by Crippen LogP contribution is 2.44. The van der Waals surface area contributed by atoms with Crippen molar-refractivity contribution in [1.29, 1.82) is 0 Å². The number of aromatic nitrogens is 2. The number of nitrogens with zero attached hydrogens (tertiary/aromatic N) is 5. The molecule has 4 aliphatic rings. The van der Waals surface area contributed by atoms with E-state index in [1.165, 1.54) is 18.2 Å². The van der Waals surface area contributed by atoms with Crippen molar-refractivity contribution in [2.24, 2.45) is 0 Å². The predicted molar refractivity (Wildman–Crippen MR) is 185 cm³/mol. The Labute approximate surface area is 292 Å². The first kappa shape index (κ1) is 33.1. The van der Waals surface area contributed by atoms with E-state index in [9.17, 15) is 14.3 Å². The zero-order valence-electron chi connectivity index (χ0n) is 28.2. The molecule has 9 nitrogen and oxygen atoms in total. The SMILES string of the molecule is CC(C)(C)OC(=O)N1[C@@H]2CC[C@H]1CN(c1nc(OC[C@@]34CCCN3C[C@H](F)C4)nc3c(F)c(-c4cc(O)cc5cccc(Cl)c45)c(F)cc13)C2. The topological polar surface area (TPSA) is 91.3 Å². The number of aromatic hydroxyl groups is 1. The average molecular weight is 710 g/mol. The third-order valence-electron chi connectivity index (χ3n) is 10.6. The summed E-state index contributed by atoms with van der Waals surface area (Å²) in [4.78, 5) is 28.3. The maximum atomic E-state index is 17.0. The third-order valence-corrected chi connectivity index (χ3v) is 11.0. The molecular weight excluding hydrogens is 671 g/mol. The molecule has 4 fully saturated rings. The molecule has 5 heterocycles. The Bertz CT molecular complexity index is 2010. The number of hydrogen-bond acceptors (Lipinski definition) is 8. The number of fused-ring (bicyclic) bond motifs is 5. The molecule has 0 saturated carbocycles. The summed E-state index contributed by atoms with van der Waals surface area (Å²) < 4.78 is 59.8. The molecule has 0 aliphatic carbocycles. The van der Waals surface area contributed by atoms with Gasteiger partial charge in [-0.1, -0.05) is 23.7 Å². The first-order chi connectivity index (χ1) is 23.8. The van der Waals surface area contributed by atoms with Crippen molar-refractivity contribution >= 4 is 45.2 Å². The van der Waals surface area contributed by atoms with Gasteiger partial charge in [-0.3, -0.25) is 9.80 Å². The molecule has 1 aromatic heterocycles. The summed E-state index contributed by atoms with van der Waals surface area (Å²) in [6.45, 7) is 7.44. The third kappa shape index (κ3) is 5.64. The van der Waals surface area contributed by atoms with E-state index in [1.807, 2.05) is 25.7 Å². The van der Waals surface area contributed by atoms with Gasteiger partial charge in [0.2, 0.25) is 0 Å². The van der Waals surface area contributed by atoms with Gasteiger partial charge in [-0.25, -0.2) is 18.0 Å². The number of hydrogen-bond donors (Lipinski definition) is 1. The summed E-state index contributed by atoms with van der Waals surface area (Å²) in [7, 11) is 0. The lowest BCUT2D eigenvalue weighted by atomic mass is 9.95. The standard InChI is InChI=1S/C37H39ClF3N5O4/c1-36(2,3)50-35(48)46-22-8-9-23(46)18-44(17-22)33-26-14-28(40)30(25-13-24(47)12-20-6-4-7-27(38)29(20)25)31(41)32(26)42-34(43-33)49-19-37-10-5-11-45(37)16-21(39)15-37/h4,6-7,12-14,21-23,47H,5,8-11,15-19H2,1-3H3/t21-,22-,23+,37+/m1/s1. The second kappa shape index (κ2) is 12.0. The number of carbonyl (C=O) groups is 1.